The van der Waals surface area contributed by atoms with E-state index in [1.807, 2.05) is 24.3 Å². The Morgan fingerprint density at radius 1 is 1.25 bits per heavy atom. The number of amides is 1. The molecule has 5 nitrogen and oxygen atoms in total. The van der Waals surface area contributed by atoms with Crippen molar-refractivity contribution in [2.45, 2.75) is 38.1 Å². The molecule has 0 radical (unpaired) electrons. The number of nitrogens with one attached hydrogen (secondary N) is 1. The van der Waals surface area contributed by atoms with Crippen molar-refractivity contribution < 1.29 is 14.7 Å². The van der Waals surface area contributed by atoms with Crippen LogP contribution < -0.4 is 11.1 Å². The Morgan fingerprint density at radius 3 is 2.55 bits per heavy atom. The number of carbonyl (C=O) groups is 2. The number of nitrogens with two attached hydrogens (primary N) is 1. The number of hydrogen-bond acceptors (Lipinski definition) is 3. The molecular formula is C15H20N2O3. The van der Waals surface area contributed by atoms with Gasteiger partial charge in [-0.1, -0.05) is 18.6 Å². The number of aliphatic carboxylic acids is 1. The van der Waals surface area contributed by atoms with E-state index in [0.29, 0.717) is 6.42 Å². The zero-order chi connectivity index (χ0) is 14.5. The third-order valence-corrected chi connectivity index (χ3v) is 3.73. The predicted molar refractivity (Wildman–Crippen MR) is 76.3 cm³/mol. The van der Waals surface area contributed by atoms with Gasteiger partial charge < -0.3 is 16.2 Å². The van der Waals surface area contributed by atoms with Gasteiger partial charge in [0.05, 0.1) is 12.3 Å². The van der Waals surface area contributed by atoms with Gasteiger partial charge in [-0.3, -0.25) is 9.59 Å². The number of anilines is 1. The number of rotatable bonds is 5. The molecule has 0 bridgehead atoms. The lowest BCUT2D eigenvalue weighted by atomic mass is 9.85. The molecule has 0 spiro atoms. The van der Waals surface area contributed by atoms with Crippen molar-refractivity contribution in [3.63, 3.8) is 0 Å². The summed E-state index contributed by atoms with van der Waals surface area (Å²) in [6, 6.07) is 7.74. The maximum absolute atomic E-state index is 11.0. The van der Waals surface area contributed by atoms with Crippen LogP contribution in [0.1, 0.15) is 31.2 Å². The first-order valence-corrected chi connectivity index (χ1v) is 6.91. The molecule has 0 aromatic heterocycles. The van der Waals surface area contributed by atoms with E-state index >= 15 is 0 Å². The second kappa shape index (κ2) is 6.41. The SMILES string of the molecule is NC(=O)Cc1ccc(NC2CCCC(C(=O)O)C2)cc1. The van der Waals surface area contributed by atoms with Crippen molar-refractivity contribution in [2.24, 2.45) is 11.7 Å². The average molecular weight is 276 g/mol. The Morgan fingerprint density at radius 2 is 1.95 bits per heavy atom. The topological polar surface area (TPSA) is 92.4 Å². The number of carboxylic acids is 1. The Balaban J connectivity index is 1.92. The number of carbonyl (C=O) groups excluding carboxylic acids is 1. The summed E-state index contributed by atoms with van der Waals surface area (Å²) in [7, 11) is 0. The summed E-state index contributed by atoms with van der Waals surface area (Å²) in [5, 5.41) is 12.4. The normalized spacial score (nSPS) is 22.2. The van der Waals surface area contributed by atoms with Crippen LogP contribution in [-0.2, 0) is 16.0 Å². The van der Waals surface area contributed by atoms with Crippen LogP contribution in [-0.4, -0.2) is 23.0 Å². The quantitative estimate of drug-likeness (QED) is 0.764. The monoisotopic (exact) mass is 276 g/mol. The molecule has 2 unspecified atom stereocenters. The third-order valence-electron chi connectivity index (χ3n) is 3.73. The lowest BCUT2D eigenvalue weighted by molar-refractivity contribution is -0.142. The first kappa shape index (κ1) is 14.4. The smallest absolute Gasteiger partial charge is 0.306 e. The van der Waals surface area contributed by atoms with Gasteiger partial charge in [-0.25, -0.2) is 0 Å². The highest BCUT2D eigenvalue weighted by Gasteiger charge is 2.26. The van der Waals surface area contributed by atoms with Gasteiger partial charge in [-0.2, -0.15) is 0 Å². The Labute approximate surface area is 118 Å². The molecule has 0 heterocycles. The van der Waals surface area contributed by atoms with E-state index in [9.17, 15) is 9.59 Å². The number of benzene rings is 1. The molecule has 1 aliphatic rings. The summed E-state index contributed by atoms with van der Waals surface area (Å²) in [6.45, 7) is 0. The lowest BCUT2D eigenvalue weighted by Crippen LogP contribution is -2.30. The Kier molecular flexibility index (Phi) is 4.61. The molecule has 1 aromatic carbocycles. The molecule has 0 saturated heterocycles. The molecule has 1 aliphatic carbocycles. The van der Waals surface area contributed by atoms with E-state index in [-0.39, 0.29) is 24.3 Å². The molecule has 1 fully saturated rings. The van der Waals surface area contributed by atoms with Crippen molar-refractivity contribution >= 4 is 17.6 Å². The zero-order valence-electron chi connectivity index (χ0n) is 11.3. The van der Waals surface area contributed by atoms with Gasteiger partial charge in [0.2, 0.25) is 5.91 Å². The van der Waals surface area contributed by atoms with Gasteiger partial charge in [0.25, 0.3) is 0 Å². The van der Waals surface area contributed by atoms with Crippen LogP contribution in [0, 0.1) is 5.92 Å². The van der Waals surface area contributed by atoms with E-state index in [4.69, 9.17) is 10.8 Å². The van der Waals surface area contributed by atoms with Crippen molar-refractivity contribution in [1.29, 1.82) is 0 Å². The molecule has 0 aliphatic heterocycles. The molecular weight excluding hydrogens is 256 g/mol. The Hall–Kier alpha value is -2.04. The summed E-state index contributed by atoms with van der Waals surface area (Å²) < 4.78 is 0. The molecule has 1 amide bonds. The Bertz CT molecular complexity index is 484. The summed E-state index contributed by atoms with van der Waals surface area (Å²) >= 11 is 0. The number of carboxylic acid groups (broad SMARTS) is 1. The van der Waals surface area contributed by atoms with E-state index in [1.54, 1.807) is 0 Å². The van der Waals surface area contributed by atoms with Crippen LogP contribution >= 0.6 is 0 Å². The fraction of sp³-hybridized carbons (Fsp3) is 0.467. The minimum absolute atomic E-state index is 0.201. The number of hydrogen-bond donors (Lipinski definition) is 3. The van der Waals surface area contributed by atoms with Gasteiger partial charge in [-0.15, -0.1) is 0 Å². The van der Waals surface area contributed by atoms with Crippen molar-refractivity contribution in [3.8, 4) is 0 Å². The second-order valence-corrected chi connectivity index (χ2v) is 5.38. The van der Waals surface area contributed by atoms with E-state index < -0.39 is 5.97 Å². The minimum Gasteiger partial charge on any atom is -0.481 e. The first-order chi connectivity index (χ1) is 9.54. The van der Waals surface area contributed by atoms with Crippen LogP contribution in [0.25, 0.3) is 0 Å². The maximum atomic E-state index is 11.0. The van der Waals surface area contributed by atoms with Gasteiger partial charge >= 0.3 is 5.97 Å². The van der Waals surface area contributed by atoms with Crippen LogP contribution in [0.4, 0.5) is 5.69 Å². The highest BCUT2D eigenvalue weighted by atomic mass is 16.4. The van der Waals surface area contributed by atoms with Crippen LogP contribution in [0.5, 0.6) is 0 Å². The fourth-order valence-corrected chi connectivity index (χ4v) is 2.70. The van der Waals surface area contributed by atoms with E-state index in [0.717, 1.165) is 30.5 Å². The standard InChI is InChI=1S/C15H20N2O3/c16-14(18)8-10-4-6-12(7-5-10)17-13-3-1-2-11(9-13)15(19)20/h4-7,11,13,17H,1-3,8-9H2,(H2,16,18)(H,19,20). The fourth-order valence-electron chi connectivity index (χ4n) is 2.70. The van der Waals surface area contributed by atoms with Gasteiger partial charge in [0.15, 0.2) is 0 Å². The molecule has 4 N–H and O–H groups in total. The molecule has 2 atom stereocenters. The van der Waals surface area contributed by atoms with E-state index in [1.165, 1.54) is 0 Å². The van der Waals surface area contributed by atoms with Gasteiger partial charge in [0, 0.05) is 11.7 Å². The summed E-state index contributed by atoms with van der Waals surface area (Å²) in [4.78, 5) is 21.8. The second-order valence-electron chi connectivity index (χ2n) is 5.38. The first-order valence-electron chi connectivity index (χ1n) is 6.91. The van der Waals surface area contributed by atoms with Crippen LogP contribution in [0.2, 0.25) is 0 Å². The molecule has 1 saturated carbocycles. The predicted octanol–water partition coefficient (Wildman–Crippen LogP) is 1.77. The highest BCUT2D eigenvalue weighted by molar-refractivity contribution is 5.76. The molecule has 1 aromatic rings. The van der Waals surface area contributed by atoms with Crippen molar-refractivity contribution in [2.75, 3.05) is 5.32 Å². The molecule has 2 rings (SSSR count). The average Bonchev–Trinajstić information content (AvgIpc) is 2.41. The summed E-state index contributed by atoms with van der Waals surface area (Å²) in [6.07, 6.45) is 3.61. The number of primary amides is 1. The lowest BCUT2D eigenvalue weighted by Gasteiger charge is -2.28. The van der Waals surface area contributed by atoms with Crippen LogP contribution in [0.15, 0.2) is 24.3 Å². The van der Waals surface area contributed by atoms with Gasteiger partial charge in [-0.05, 0) is 37.0 Å². The van der Waals surface area contributed by atoms with Gasteiger partial charge in [0.1, 0.15) is 0 Å². The molecule has 108 valence electrons. The summed E-state index contributed by atoms with van der Waals surface area (Å²) in [5.74, 6) is -1.29. The van der Waals surface area contributed by atoms with Crippen molar-refractivity contribution in [1.82, 2.24) is 0 Å². The zero-order valence-corrected chi connectivity index (χ0v) is 11.3. The minimum atomic E-state index is -0.701. The molecule has 5 heteroatoms. The molecule has 20 heavy (non-hydrogen) atoms. The maximum Gasteiger partial charge on any atom is 0.306 e. The largest absolute Gasteiger partial charge is 0.481 e. The third kappa shape index (κ3) is 3.98. The highest BCUT2D eigenvalue weighted by Crippen LogP contribution is 2.27. The summed E-state index contributed by atoms with van der Waals surface area (Å²) in [5.41, 5.74) is 6.98. The van der Waals surface area contributed by atoms with Crippen molar-refractivity contribution in [3.05, 3.63) is 29.8 Å². The van der Waals surface area contributed by atoms with E-state index in [2.05, 4.69) is 5.32 Å². The van der Waals surface area contributed by atoms with Crippen LogP contribution in [0.3, 0.4) is 0 Å².